The zero-order valence-electron chi connectivity index (χ0n) is 12.5. The number of rotatable bonds is 3. The highest BCUT2D eigenvalue weighted by Gasteiger charge is 2.26. The fourth-order valence-corrected chi connectivity index (χ4v) is 3.64. The minimum Gasteiger partial charge on any atom is -0.316 e. The molecule has 2 heterocycles. The Hall–Kier alpha value is -0.570. The molecular formula is C17H27ClN2. The van der Waals surface area contributed by atoms with Crippen molar-refractivity contribution in [3.05, 3.63) is 35.4 Å². The lowest BCUT2D eigenvalue weighted by Gasteiger charge is -2.27. The number of hydrogen-bond acceptors (Lipinski definition) is 2. The molecule has 0 spiro atoms. The van der Waals surface area contributed by atoms with Crippen molar-refractivity contribution in [2.24, 2.45) is 5.92 Å². The van der Waals surface area contributed by atoms with Crippen LogP contribution in [0.4, 0.5) is 0 Å². The van der Waals surface area contributed by atoms with Gasteiger partial charge in [-0.15, -0.1) is 12.4 Å². The third kappa shape index (κ3) is 3.97. The van der Waals surface area contributed by atoms with E-state index >= 15 is 0 Å². The maximum absolute atomic E-state index is 3.53. The minimum atomic E-state index is 0. The molecule has 1 aromatic carbocycles. The highest BCUT2D eigenvalue weighted by atomic mass is 35.5. The third-order valence-electron chi connectivity index (χ3n) is 4.70. The molecule has 112 valence electrons. The van der Waals surface area contributed by atoms with E-state index in [1.165, 1.54) is 57.5 Å². The van der Waals surface area contributed by atoms with E-state index in [-0.39, 0.29) is 12.4 Å². The predicted molar refractivity (Wildman–Crippen MR) is 87.8 cm³/mol. The van der Waals surface area contributed by atoms with E-state index in [0.717, 1.165) is 11.8 Å². The molecule has 2 atom stereocenters. The third-order valence-corrected chi connectivity index (χ3v) is 4.70. The van der Waals surface area contributed by atoms with Gasteiger partial charge in [0.15, 0.2) is 0 Å². The van der Waals surface area contributed by atoms with E-state index in [1.54, 1.807) is 5.56 Å². The van der Waals surface area contributed by atoms with Gasteiger partial charge < -0.3 is 10.2 Å². The van der Waals surface area contributed by atoms with Gasteiger partial charge >= 0.3 is 0 Å². The number of benzene rings is 1. The van der Waals surface area contributed by atoms with Gasteiger partial charge in [0.2, 0.25) is 0 Å². The van der Waals surface area contributed by atoms with Gasteiger partial charge in [-0.1, -0.05) is 29.8 Å². The predicted octanol–water partition coefficient (Wildman–Crippen LogP) is 3.21. The summed E-state index contributed by atoms with van der Waals surface area (Å²) in [6.45, 7) is 8.50. The van der Waals surface area contributed by atoms with Gasteiger partial charge in [0.1, 0.15) is 0 Å². The molecule has 2 aliphatic rings. The molecule has 0 aromatic heterocycles. The van der Waals surface area contributed by atoms with E-state index in [1.807, 2.05) is 0 Å². The number of nitrogens with zero attached hydrogens (tertiary/aromatic N) is 1. The molecule has 0 aliphatic carbocycles. The Morgan fingerprint density at radius 2 is 2.20 bits per heavy atom. The number of piperidine rings is 1. The average Bonchev–Trinajstić information content (AvgIpc) is 2.88. The van der Waals surface area contributed by atoms with E-state index in [9.17, 15) is 0 Å². The highest BCUT2D eigenvalue weighted by molar-refractivity contribution is 5.85. The molecule has 20 heavy (non-hydrogen) atoms. The SMILES string of the molecule is Cc1cccc(C2CCN(CC3CCCNC3)C2)c1.Cl. The summed E-state index contributed by atoms with van der Waals surface area (Å²) in [6.07, 6.45) is 4.11. The van der Waals surface area contributed by atoms with Crippen LogP contribution in [0.15, 0.2) is 24.3 Å². The van der Waals surface area contributed by atoms with Crippen LogP contribution < -0.4 is 5.32 Å². The van der Waals surface area contributed by atoms with Gasteiger partial charge in [-0.2, -0.15) is 0 Å². The van der Waals surface area contributed by atoms with Crippen LogP contribution >= 0.6 is 12.4 Å². The molecule has 1 aromatic rings. The fourth-order valence-electron chi connectivity index (χ4n) is 3.64. The van der Waals surface area contributed by atoms with Crippen LogP contribution in [0.2, 0.25) is 0 Å². The molecule has 2 unspecified atom stereocenters. The standard InChI is InChI=1S/C17H26N2.ClH/c1-14-4-2-6-16(10-14)17-7-9-19(13-17)12-15-5-3-8-18-11-15;/h2,4,6,10,15,17-18H,3,5,7-9,11-13H2,1H3;1H. The maximum atomic E-state index is 3.53. The summed E-state index contributed by atoms with van der Waals surface area (Å²) in [5.74, 6) is 1.64. The fraction of sp³-hybridized carbons (Fsp3) is 0.647. The summed E-state index contributed by atoms with van der Waals surface area (Å²) in [5.41, 5.74) is 2.94. The summed E-state index contributed by atoms with van der Waals surface area (Å²) >= 11 is 0. The molecular weight excluding hydrogens is 268 g/mol. The number of likely N-dealkylation sites (tertiary alicyclic amines) is 1. The Labute approximate surface area is 129 Å². The average molecular weight is 295 g/mol. The number of halogens is 1. The van der Waals surface area contributed by atoms with Crippen LogP contribution in [0.1, 0.15) is 36.3 Å². The molecule has 0 bridgehead atoms. The first-order valence-corrected chi connectivity index (χ1v) is 7.81. The summed E-state index contributed by atoms with van der Waals surface area (Å²) in [7, 11) is 0. The van der Waals surface area contributed by atoms with Crippen molar-refractivity contribution in [2.75, 3.05) is 32.7 Å². The molecule has 2 nitrogen and oxygen atoms in total. The Morgan fingerprint density at radius 3 is 2.95 bits per heavy atom. The van der Waals surface area contributed by atoms with E-state index in [4.69, 9.17) is 0 Å². The van der Waals surface area contributed by atoms with Crippen LogP contribution in [0.5, 0.6) is 0 Å². The molecule has 2 fully saturated rings. The van der Waals surface area contributed by atoms with Crippen molar-refractivity contribution >= 4 is 12.4 Å². The van der Waals surface area contributed by atoms with Gasteiger partial charge in [0.25, 0.3) is 0 Å². The number of aryl methyl sites for hydroxylation is 1. The van der Waals surface area contributed by atoms with Crippen molar-refractivity contribution in [1.29, 1.82) is 0 Å². The van der Waals surface area contributed by atoms with Crippen LogP contribution in [0.25, 0.3) is 0 Å². The first-order chi connectivity index (χ1) is 9.31. The normalized spacial score (nSPS) is 27.2. The second-order valence-electron chi connectivity index (χ2n) is 6.37. The summed E-state index contributed by atoms with van der Waals surface area (Å²) < 4.78 is 0. The lowest BCUT2D eigenvalue weighted by atomic mass is 9.97. The van der Waals surface area contributed by atoms with Gasteiger partial charge in [-0.3, -0.25) is 0 Å². The minimum absolute atomic E-state index is 0. The molecule has 1 N–H and O–H groups in total. The van der Waals surface area contributed by atoms with Crippen molar-refractivity contribution < 1.29 is 0 Å². The van der Waals surface area contributed by atoms with E-state index in [2.05, 4.69) is 41.4 Å². The number of nitrogens with one attached hydrogen (secondary N) is 1. The second kappa shape index (κ2) is 7.44. The second-order valence-corrected chi connectivity index (χ2v) is 6.37. The van der Waals surface area contributed by atoms with Crippen molar-refractivity contribution in [3.63, 3.8) is 0 Å². The Kier molecular flexibility index (Phi) is 5.88. The quantitative estimate of drug-likeness (QED) is 0.921. The molecule has 0 amide bonds. The highest BCUT2D eigenvalue weighted by Crippen LogP contribution is 2.28. The van der Waals surface area contributed by atoms with Gasteiger partial charge in [0.05, 0.1) is 0 Å². The Morgan fingerprint density at radius 1 is 1.30 bits per heavy atom. The molecule has 3 rings (SSSR count). The summed E-state index contributed by atoms with van der Waals surface area (Å²) in [4.78, 5) is 2.69. The van der Waals surface area contributed by atoms with Crippen molar-refractivity contribution in [2.45, 2.75) is 32.1 Å². The first kappa shape index (κ1) is 15.8. The molecule has 2 saturated heterocycles. The topological polar surface area (TPSA) is 15.3 Å². The Bertz CT molecular complexity index is 415. The molecule has 0 radical (unpaired) electrons. The van der Waals surface area contributed by atoms with Gasteiger partial charge in [-0.25, -0.2) is 0 Å². The monoisotopic (exact) mass is 294 g/mol. The number of hydrogen-bond donors (Lipinski definition) is 1. The Balaban J connectivity index is 0.00000147. The summed E-state index contributed by atoms with van der Waals surface area (Å²) in [5, 5.41) is 3.53. The lowest BCUT2D eigenvalue weighted by molar-refractivity contribution is 0.242. The zero-order chi connectivity index (χ0) is 13.1. The molecule has 3 heteroatoms. The zero-order valence-corrected chi connectivity index (χ0v) is 13.3. The largest absolute Gasteiger partial charge is 0.316 e. The molecule has 2 aliphatic heterocycles. The smallest absolute Gasteiger partial charge is 0.00509 e. The van der Waals surface area contributed by atoms with Crippen LogP contribution in [-0.2, 0) is 0 Å². The van der Waals surface area contributed by atoms with Crippen molar-refractivity contribution in [1.82, 2.24) is 10.2 Å². The van der Waals surface area contributed by atoms with E-state index in [0.29, 0.717) is 0 Å². The molecule has 0 saturated carbocycles. The lowest BCUT2D eigenvalue weighted by Crippen LogP contribution is -2.37. The van der Waals surface area contributed by atoms with Gasteiger partial charge in [-0.05, 0) is 63.2 Å². The maximum Gasteiger partial charge on any atom is 0.00509 e. The van der Waals surface area contributed by atoms with Crippen LogP contribution in [0, 0.1) is 12.8 Å². The van der Waals surface area contributed by atoms with Crippen molar-refractivity contribution in [3.8, 4) is 0 Å². The summed E-state index contributed by atoms with van der Waals surface area (Å²) in [6, 6.07) is 9.09. The van der Waals surface area contributed by atoms with Crippen LogP contribution in [0.3, 0.4) is 0 Å². The van der Waals surface area contributed by atoms with E-state index < -0.39 is 0 Å². The first-order valence-electron chi connectivity index (χ1n) is 7.81. The van der Waals surface area contributed by atoms with Crippen LogP contribution in [-0.4, -0.2) is 37.6 Å². The van der Waals surface area contributed by atoms with Gasteiger partial charge in [0, 0.05) is 13.1 Å².